The molecule has 2 N–H and O–H groups in total. The van der Waals surface area contributed by atoms with Gasteiger partial charge in [0.15, 0.2) is 6.10 Å². The van der Waals surface area contributed by atoms with Crippen LogP contribution in [0.15, 0.2) is 35.7 Å². The first-order chi connectivity index (χ1) is 29.3. The summed E-state index contributed by atoms with van der Waals surface area (Å²) in [6.45, 7) is 7.16. The summed E-state index contributed by atoms with van der Waals surface area (Å²) < 4.78 is 46.7. The van der Waals surface area contributed by atoms with Gasteiger partial charge >= 0.3 is 6.09 Å². The predicted octanol–water partition coefficient (Wildman–Crippen LogP) is 6.14. The van der Waals surface area contributed by atoms with Crippen LogP contribution in [-0.4, -0.2) is 108 Å². The van der Waals surface area contributed by atoms with Crippen LogP contribution >= 0.6 is 11.3 Å². The highest BCUT2D eigenvalue weighted by atomic mass is 32.2. The molecule has 4 amide bonds. The monoisotopic (exact) mass is 876 g/mol. The largest absolute Gasteiger partial charge is 0.496 e. The average Bonchev–Trinajstić information content (AvgIpc) is 4.12. The number of thiazole rings is 1. The van der Waals surface area contributed by atoms with Crippen LogP contribution in [0.25, 0.3) is 21.6 Å². The number of likely N-dealkylation sites (tertiary alicyclic amines) is 1. The van der Waals surface area contributed by atoms with E-state index in [0.29, 0.717) is 71.9 Å². The fourth-order valence-electron chi connectivity index (χ4n) is 8.72. The third kappa shape index (κ3) is 9.09. The lowest BCUT2D eigenvalue weighted by atomic mass is 10.1. The molecular formula is C44H56N6O9S2. The number of ether oxygens (including phenoxy) is 3. The number of hydrogen-bond donors (Lipinski definition) is 2. The maximum atomic E-state index is 14.8. The zero-order valence-electron chi connectivity index (χ0n) is 35.3. The van der Waals surface area contributed by atoms with E-state index < -0.39 is 68.8 Å². The Balaban J connectivity index is 1.14. The Morgan fingerprint density at radius 3 is 2.51 bits per heavy atom. The molecule has 2 saturated carbocycles. The first-order valence-electron chi connectivity index (χ1n) is 21.7. The normalized spacial score (nSPS) is 26.7. The predicted molar refractivity (Wildman–Crippen MR) is 230 cm³/mol. The molecule has 5 atom stereocenters. The van der Waals surface area contributed by atoms with Crippen molar-refractivity contribution in [3.8, 4) is 22.2 Å². The fraction of sp³-hybridized carbons (Fsp3) is 0.591. The number of allylic oxidation sites excluding steroid dienone is 1. The molecule has 328 valence electrons. The van der Waals surface area contributed by atoms with Crippen molar-refractivity contribution in [2.24, 2.45) is 5.92 Å². The number of aromatic nitrogens is 2. The Morgan fingerprint density at radius 2 is 1.79 bits per heavy atom. The van der Waals surface area contributed by atoms with Crippen molar-refractivity contribution >= 4 is 56.1 Å². The molecule has 2 saturated heterocycles. The second kappa shape index (κ2) is 17.5. The molecule has 61 heavy (non-hydrogen) atoms. The summed E-state index contributed by atoms with van der Waals surface area (Å²) in [5.41, 5.74) is 1.49. The van der Waals surface area contributed by atoms with Crippen molar-refractivity contribution in [2.75, 3.05) is 26.7 Å². The molecule has 0 radical (unpaired) electrons. The molecule has 0 spiro atoms. The third-order valence-electron chi connectivity index (χ3n) is 12.6. The number of aryl methyl sites for hydroxylation is 1. The molecule has 2 aliphatic carbocycles. The van der Waals surface area contributed by atoms with Crippen molar-refractivity contribution in [2.45, 2.75) is 133 Å². The van der Waals surface area contributed by atoms with Crippen LogP contribution in [0.3, 0.4) is 0 Å². The van der Waals surface area contributed by atoms with Gasteiger partial charge in [-0.2, -0.15) is 0 Å². The van der Waals surface area contributed by atoms with E-state index in [1.54, 1.807) is 12.0 Å². The maximum absolute atomic E-state index is 14.8. The summed E-state index contributed by atoms with van der Waals surface area (Å²) in [6.07, 6.45) is 8.49. The Bertz CT molecular complexity index is 2320. The molecule has 5 aliphatic rings. The number of pyridine rings is 1. The van der Waals surface area contributed by atoms with Gasteiger partial charge in [0, 0.05) is 47.8 Å². The first-order valence-corrected chi connectivity index (χ1v) is 24.1. The number of piperidine rings is 1. The van der Waals surface area contributed by atoms with Gasteiger partial charge in [-0.05, 0) is 89.2 Å². The number of fused-ring (bicyclic) bond motifs is 3. The third-order valence-corrected chi connectivity index (χ3v) is 15.3. The lowest BCUT2D eigenvalue weighted by molar-refractivity contribution is -0.146. The number of carbonyl (C=O) groups is 4. The van der Waals surface area contributed by atoms with E-state index in [-0.39, 0.29) is 31.7 Å². The number of amides is 4. The van der Waals surface area contributed by atoms with Crippen LogP contribution in [0.2, 0.25) is 0 Å². The second-order valence-corrected chi connectivity index (χ2v) is 20.3. The highest BCUT2D eigenvalue weighted by molar-refractivity contribution is 7.91. The minimum atomic E-state index is -3.91. The van der Waals surface area contributed by atoms with Crippen LogP contribution < -0.4 is 19.5 Å². The van der Waals surface area contributed by atoms with E-state index in [2.05, 4.69) is 23.9 Å². The fourth-order valence-corrected chi connectivity index (χ4v) is 11.0. The highest BCUT2D eigenvalue weighted by Gasteiger charge is 2.62. The topological polar surface area (TPSA) is 186 Å². The van der Waals surface area contributed by atoms with Gasteiger partial charge in [-0.3, -0.25) is 19.1 Å². The van der Waals surface area contributed by atoms with Crippen molar-refractivity contribution in [3.05, 3.63) is 47.0 Å². The second-order valence-electron chi connectivity index (χ2n) is 17.4. The Labute approximate surface area is 361 Å². The number of carbonyl (C=O) groups excluding carboxylic acids is 4. The molecule has 15 nitrogen and oxygen atoms in total. The first kappa shape index (κ1) is 42.9. The number of rotatable bonds is 9. The summed E-state index contributed by atoms with van der Waals surface area (Å²) in [4.78, 5) is 69.8. The van der Waals surface area contributed by atoms with Gasteiger partial charge in [-0.25, -0.2) is 23.2 Å². The number of nitrogens with one attached hydrogen (secondary N) is 2. The van der Waals surface area contributed by atoms with E-state index in [0.717, 1.165) is 43.4 Å². The standard InChI is InChI=1S/C44H56N6O9S2/c1-26(2)33-25-60-40(46-33)32-22-37(31-17-18-35(57-4)27(3)38(31)45-32)58-29-21-34-39(51)47-44(42(53)48-61(55,56)30-15-16-30)23-28(44)13-9-6-5-7-10-14-36(41(52)50(34)24-29)59-43(54)49-19-11-8-12-20-49/h9,13,17-18,22,25-26,28-30,34,36H,5-8,10-12,14-16,19-21,23-24H2,1-4H3,(H,47,51)(H,48,53)/b13-9-/t28?,29-,34-,36?,44-/m0/s1. The molecule has 3 aliphatic heterocycles. The van der Waals surface area contributed by atoms with Crippen LogP contribution in [-0.2, 0) is 29.1 Å². The number of methoxy groups -OCH3 is 1. The minimum Gasteiger partial charge on any atom is -0.496 e. The van der Waals surface area contributed by atoms with Gasteiger partial charge in [0.1, 0.15) is 39.9 Å². The molecular weight excluding hydrogens is 821 g/mol. The van der Waals surface area contributed by atoms with Crippen LogP contribution in [0.4, 0.5) is 4.79 Å². The van der Waals surface area contributed by atoms with Gasteiger partial charge in [-0.1, -0.05) is 32.4 Å². The molecule has 3 aromatic rings. The Morgan fingerprint density at radius 1 is 1.02 bits per heavy atom. The van der Waals surface area contributed by atoms with Gasteiger partial charge in [0.2, 0.25) is 15.9 Å². The van der Waals surface area contributed by atoms with Gasteiger partial charge in [0.25, 0.3) is 11.8 Å². The lowest BCUT2D eigenvalue weighted by Gasteiger charge is -2.31. The van der Waals surface area contributed by atoms with Crippen LogP contribution in [0.1, 0.15) is 108 Å². The molecule has 17 heteroatoms. The van der Waals surface area contributed by atoms with E-state index in [4.69, 9.17) is 24.2 Å². The number of nitrogens with zero attached hydrogens (tertiary/aromatic N) is 4. The zero-order valence-corrected chi connectivity index (χ0v) is 36.9. The maximum Gasteiger partial charge on any atom is 0.410 e. The molecule has 8 rings (SSSR count). The van der Waals surface area contributed by atoms with E-state index in [1.807, 2.05) is 42.7 Å². The van der Waals surface area contributed by atoms with Crippen LogP contribution in [0, 0.1) is 12.8 Å². The summed E-state index contributed by atoms with van der Waals surface area (Å²) in [5, 5.41) is 5.73. The van der Waals surface area contributed by atoms with Crippen molar-refractivity contribution < 1.29 is 41.8 Å². The van der Waals surface area contributed by atoms with Gasteiger partial charge in [-0.15, -0.1) is 11.3 Å². The lowest BCUT2D eigenvalue weighted by Crippen LogP contribution is -2.57. The Hall–Kier alpha value is -4.77. The van der Waals surface area contributed by atoms with Crippen LogP contribution in [0.5, 0.6) is 11.5 Å². The zero-order chi connectivity index (χ0) is 43.1. The summed E-state index contributed by atoms with van der Waals surface area (Å²) in [6, 6.07) is 4.42. The van der Waals surface area contributed by atoms with E-state index >= 15 is 0 Å². The van der Waals surface area contributed by atoms with Crippen molar-refractivity contribution in [3.63, 3.8) is 0 Å². The highest BCUT2D eigenvalue weighted by Crippen LogP contribution is 2.46. The van der Waals surface area contributed by atoms with Gasteiger partial charge < -0.3 is 29.3 Å². The molecule has 4 fully saturated rings. The smallest absolute Gasteiger partial charge is 0.410 e. The Kier molecular flexibility index (Phi) is 12.3. The summed E-state index contributed by atoms with van der Waals surface area (Å²) in [5.74, 6) is -1.00. The summed E-state index contributed by atoms with van der Waals surface area (Å²) in [7, 11) is -2.31. The summed E-state index contributed by atoms with van der Waals surface area (Å²) >= 11 is 1.48. The molecule has 2 aromatic heterocycles. The van der Waals surface area contributed by atoms with Crippen molar-refractivity contribution in [1.82, 2.24) is 29.8 Å². The molecule has 5 heterocycles. The number of benzene rings is 1. The minimum absolute atomic E-state index is 0.0176. The number of hydrogen-bond acceptors (Lipinski definition) is 12. The van der Waals surface area contributed by atoms with E-state index in [1.165, 1.54) is 16.2 Å². The average molecular weight is 877 g/mol. The number of sulfonamides is 1. The van der Waals surface area contributed by atoms with Crippen molar-refractivity contribution in [1.29, 1.82) is 0 Å². The molecule has 1 aromatic carbocycles. The SMILES string of the molecule is COc1ccc2c(O[C@H]3C[C@H]4C(=O)N[C@@]5(C(=O)NS(=O)(=O)C6CC6)CC5/C=C\CCCCCC(OC(=O)N5CCCCC5)C(=O)N4C3)cc(-c3nc(C(C)C)cs3)nc2c1C. The molecule has 0 bridgehead atoms. The molecule has 2 unspecified atom stereocenters. The van der Waals surface area contributed by atoms with Gasteiger partial charge in [0.05, 0.1) is 30.1 Å². The quantitative estimate of drug-likeness (QED) is 0.235. The van der Waals surface area contributed by atoms with E-state index in [9.17, 15) is 27.6 Å².